The van der Waals surface area contributed by atoms with Crippen LogP contribution < -0.4 is 10.7 Å². The predicted molar refractivity (Wildman–Crippen MR) is 258 cm³/mol. The van der Waals surface area contributed by atoms with E-state index in [1.165, 1.54) is 18.1 Å². The van der Waals surface area contributed by atoms with Crippen LogP contribution in [0.1, 0.15) is 83.7 Å². The Kier molecular flexibility index (Phi) is 15.4. The number of likely N-dealkylation sites (N-methyl/N-ethyl adjacent to an activating group) is 1. The number of aliphatic hydroxyl groups is 1. The molecular formula is C52H64F3N7O9. The Morgan fingerprint density at radius 1 is 1.08 bits per heavy atom. The van der Waals surface area contributed by atoms with Crippen LogP contribution in [0.2, 0.25) is 0 Å². The largest absolute Gasteiger partial charge is 0.508 e. The monoisotopic (exact) mass is 987 g/mol. The van der Waals surface area contributed by atoms with Crippen molar-refractivity contribution in [2.24, 2.45) is 11.3 Å². The van der Waals surface area contributed by atoms with E-state index in [1.807, 2.05) is 51.1 Å². The van der Waals surface area contributed by atoms with E-state index in [0.29, 0.717) is 43.0 Å². The third-order valence-corrected chi connectivity index (χ3v) is 13.7. The number of carbonyl (C=O) groups excluding carboxylic acids is 5. The number of hydrogen-bond acceptors (Lipinski definition) is 11. The number of benzene rings is 2. The molecule has 4 N–H and O–H groups in total. The number of allylic oxidation sites excluding steroid dienone is 1. The number of aryl methyl sites for hydroxylation is 1. The van der Waals surface area contributed by atoms with E-state index in [1.54, 1.807) is 33.2 Å². The molecule has 6 bridgehead atoms. The summed E-state index contributed by atoms with van der Waals surface area (Å²) in [6, 6.07) is 11.4. The average molecular weight is 988 g/mol. The first kappa shape index (κ1) is 52.5. The zero-order valence-corrected chi connectivity index (χ0v) is 41.4. The number of alkyl halides is 3. The van der Waals surface area contributed by atoms with Crippen molar-refractivity contribution in [3.05, 3.63) is 83.7 Å². The van der Waals surface area contributed by atoms with Crippen LogP contribution in [0.5, 0.6) is 5.75 Å². The number of hydrazine groups is 1. The molecule has 2 saturated heterocycles. The summed E-state index contributed by atoms with van der Waals surface area (Å²) in [7, 11) is 2.94. The number of fused-ring (bicyclic) bond motifs is 6. The van der Waals surface area contributed by atoms with Gasteiger partial charge in [-0.3, -0.25) is 34.0 Å². The normalized spacial score (nSPS) is 21.8. The van der Waals surface area contributed by atoms with Gasteiger partial charge in [0.25, 0.3) is 11.8 Å². The molecule has 3 aliphatic heterocycles. The van der Waals surface area contributed by atoms with Crippen LogP contribution in [-0.2, 0) is 52.8 Å². The smallest absolute Gasteiger partial charge is 0.409 e. The maximum Gasteiger partial charge on any atom is 0.409 e. The summed E-state index contributed by atoms with van der Waals surface area (Å²) < 4.78 is 52.5. The molecule has 0 aliphatic carbocycles. The molecule has 382 valence electrons. The van der Waals surface area contributed by atoms with E-state index in [2.05, 4.69) is 28.3 Å². The minimum atomic E-state index is -4.74. The predicted octanol–water partition coefficient (Wildman–Crippen LogP) is 6.02. The number of rotatable bonds is 10. The molecule has 2 aromatic carbocycles. The van der Waals surface area contributed by atoms with Gasteiger partial charge >= 0.3 is 12.1 Å². The number of likely N-dealkylation sites (tertiary alicyclic amines) is 1. The van der Waals surface area contributed by atoms with Crippen molar-refractivity contribution in [2.45, 2.75) is 116 Å². The number of nitrogens with zero attached hydrogens (tertiary/aromatic N) is 5. The van der Waals surface area contributed by atoms with Crippen LogP contribution in [0.15, 0.2) is 66.9 Å². The zero-order valence-electron chi connectivity index (χ0n) is 41.4. The van der Waals surface area contributed by atoms with Crippen molar-refractivity contribution in [1.82, 2.24) is 35.1 Å². The van der Waals surface area contributed by atoms with Gasteiger partial charge in [0.2, 0.25) is 11.8 Å². The Labute approximate surface area is 411 Å². The molecule has 16 nitrogen and oxygen atoms in total. The molecule has 0 unspecified atom stereocenters. The number of aromatic hydroxyl groups is 1. The van der Waals surface area contributed by atoms with Gasteiger partial charge < -0.3 is 39.4 Å². The molecule has 2 fully saturated rings. The lowest BCUT2D eigenvalue weighted by Gasteiger charge is -2.37. The summed E-state index contributed by atoms with van der Waals surface area (Å²) in [5.41, 5.74) is 6.67. The van der Waals surface area contributed by atoms with Crippen molar-refractivity contribution >= 4 is 40.5 Å². The number of β-amino-alcohol motifs (C(OH)–C–C–N with tert-alkyl or cyclic N) is 1. The third kappa shape index (κ3) is 11.4. The molecule has 5 atom stereocenters. The van der Waals surface area contributed by atoms with Crippen molar-refractivity contribution in [2.75, 3.05) is 40.4 Å². The van der Waals surface area contributed by atoms with Gasteiger partial charge in [0.15, 0.2) is 5.60 Å². The number of nitrogens with one attached hydrogen (secondary N) is 2. The number of amides is 4. The number of hydrogen-bond donors (Lipinski definition) is 4. The standard InChI is InChI=1S/C52H64F3N7O9/c1-9-61-41-15-14-33-26-37(41)38(45(61)36-12-10-19-56-43(36)31(4)70-8)27-50(5,6)29-71-48(67)39-13-11-20-62(58-39)47(66)40(24-32-22-34(33)25-35(63)23-32)57-46(65)44(30(2)3)59(7)49(68)51(69)18-21-60(28-51)42(64)16-17-52(53,54)55/h10,12,14-17,19,22-23,25-26,30-31,39-40,44,58,63,69H,9,11,13,18,20-21,24,27-29H2,1-8H3,(H,57,65)/b17-16+/t31-,39-,40-,44-,51-/m0/s1. The molecule has 19 heteroatoms. The molecule has 4 aromatic rings. The molecule has 0 radical (unpaired) electrons. The van der Waals surface area contributed by atoms with Gasteiger partial charge in [-0.2, -0.15) is 13.2 Å². The Balaban J connectivity index is 1.28. The molecule has 5 heterocycles. The van der Waals surface area contributed by atoms with Crippen molar-refractivity contribution < 1.29 is 56.8 Å². The van der Waals surface area contributed by atoms with E-state index >= 15 is 0 Å². The molecule has 3 aliphatic rings. The van der Waals surface area contributed by atoms with Crippen molar-refractivity contribution in [3.8, 4) is 28.1 Å². The first-order valence-corrected chi connectivity index (χ1v) is 24.0. The number of pyridine rings is 1. The minimum absolute atomic E-state index is 0.0419. The maximum absolute atomic E-state index is 14.7. The minimum Gasteiger partial charge on any atom is -0.508 e. The van der Waals surface area contributed by atoms with Crippen LogP contribution in [0.3, 0.4) is 0 Å². The van der Waals surface area contributed by atoms with Gasteiger partial charge in [-0.25, -0.2) is 5.43 Å². The summed E-state index contributed by atoms with van der Waals surface area (Å²) >= 11 is 0. The van der Waals surface area contributed by atoms with Crippen LogP contribution in [-0.4, -0.2) is 134 Å². The number of ether oxygens (including phenoxy) is 2. The summed E-state index contributed by atoms with van der Waals surface area (Å²) in [5.74, 6) is -4.61. The first-order valence-electron chi connectivity index (χ1n) is 24.0. The second-order valence-electron chi connectivity index (χ2n) is 20.1. The average Bonchev–Trinajstić information content (AvgIpc) is 3.88. The van der Waals surface area contributed by atoms with E-state index < -0.39 is 77.4 Å². The Bertz CT molecular complexity index is 2720. The highest BCUT2D eigenvalue weighted by molar-refractivity contribution is 5.97. The molecule has 0 saturated carbocycles. The second kappa shape index (κ2) is 20.8. The molecule has 0 spiro atoms. The van der Waals surface area contributed by atoms with Gasteiger partial charge in [0, 0.05) is 86.9 Å². The number of halogens is 3. The summed E-state index contributed by atoms with van der Waals surface area (Å²) in [5, 5.41) is 27.9. The molecular weight excluding hydrogens is 924 g/mol. The van der Waals surface area contributed by atoms with Crippen LogP contribution in [0.4, 0.5) is 13.2 Å². The van der Waals surface area contributed by atoms with E-state index in [4.69, 9.17) is 14.5 Å². The topological polar surface area (TPSA) is 196 Å². The van der Waals surface area contributed by atoms with Crippen LogP contribution in [0.25, 0.3) is 33.3 Å². The van der Waals surface area contributed by atoms with E-state index in [9.17, 15) is 47.4 Å². The van der Waals surface area contributed by atoms with Gasteiger partial charge in [-0.1, -0.05) is 39.8 Å². The summed E-state index contributed by atoms with van der Waals surface area (Å²) in [6.07, 6.45) is -2.39. The van der Waals surface area contributed by atoms with Crippen molar-refractivity contribution in [1.29, 1.82) is 0 Å². The SMILES string of the molecule is CCn1c(-c2cccnc2[C@H](C)OC)c2c3cc(ccc31)-c1cc(O)cc(c1)C[C@H](NC(=O)[C@H](C(C)C)N(C)C(=O)[C@]1(O)CCN(C(=O)/C=C/C(F)(F)F)C1)C(=O)N1CCC[C@H](N1)C(=O)OCC(C)(C)C2. The van der Waals surface area contributed by atoms with Gasteiger partial charge in [0.05, 0.1) is 30.6 Å². The van der Waals surface area contributed by atoms with Crippen molar-refractivity contribution in [3.63, 3.8) is 0 Å². The van der Waals surface area contributed by atoms with Gasteiger partial charge in [-0.15, -0.1) is 0 Å². The Morgan fingerprint density at radius 3 is 2.52 bits per heavy atom. The summed E-state index contributed by atoms with van der Waals surface area (Å²) in [4.78, 5) is 76.5. The number of phenols is 1. The summed E-state index contributed by atoms with van der Waals surface area (Å²) in [6.45, 7) is 11.4. The fraction of sp³-hybridized carbons (Fsp3) is 0.500. The molecule has 4 amide bonds. The van der Waals surface area contributed by atoms with E-state index in [0.717, 1.165) is 48.8 Å². The second-order valence-corrected chi connectivity index (χ2v) is 20.1. The lowest BCUT2D eigenvalue weighted by molar-refractivity contribution is -0.156. The molecule has 2 aromatic heterocycles. The quantitative estimate of drug-likeness (QED) is 0.107. The fourth-order valence-electron chi connectivity index (χ4n) is 10.1. The number of esters is 1. The highest BCUT2D eigenvalue weighted by atomic mass is 19.4. The number of phenolic OH excluding ortho intramolecular Hbond substituents is 1. The molecule has 7 rings (SSSR count). The maximum atomic E-state index is 14.7. The van der Waals surface area contributed by atoms with E-state index in [-0.39, 0.29) is 50.5 Å². The highest BCUT2D eigenvalue weighted by Gasteiger charge is 2.48. The fourth-order valence-corrected chi connectivity index (χ4v) is 10.1. The van der Waals surface area contributed by atoms with Gasteiger partial charge in [-0.05, 0) is 97.7 Å². The number of aromatic nitrogens is 2. The number of carbonyl (C=O) groups is 5. The number of cyclic esters (lactones) is 1. The third-order valence-electron chi connectivity index (χ3n) is 13.7. The highest BCUT2D eigenvalue weighted by Crippen LogP contribution is 2.42. The van der Waals surface area contributed by atoms with Crippen LogP contribution >= 0.6 is 0 Å². The van der Waals surface area contributed by atoms with Crippen LogP contribution in [0, 0.1) is 11.3 Å². The Morgan fingerprint density at radius 2 is 1.83 bits per heavy atom. The first-order chi connectivity index (χ1) is 33.4. The molecule has 71 heavy (non-hydrogen) atoms. The Hall–Kier alpha value is -6.31. The zero-order chi connectivity index (χ0) is 51.7. The lowest BCUT2D eigenvalue weighted by Crippen LogP contribution is -2.63. The van der Waals surface area contributed by atoms with Gasteiger partial charge in [0.1, 0.15) is 23.9 Å². The lowest BCUT2D eigenvalue weighted by atomic mass is 9.84. The number of methoxy groups -OCH3 is 1.